The van der Waals surface area contributed by atoms with E-state index in [9.17, 15) is 10.0 Å². The second-order valence-corrected chi connectivity index (χ2v) is 4.47. The Morgan fingerprint density at radius 1 is 1.57 bits per heavy atom. The van der Waals surface area contributed by atoms with Gasteiger partial charge in [0.25, 0.3) is 0 Å². The minimum Gasteiger partial charge on any atom is -0.442 e. The maximum Gasteiger partial charge on any atom is 0.434 e. The van der Waals surface area contributed by atoms with Gasteiger partial charge in [-0.1, -0.05) is 0 Å². The fourth-order valence-corrected chi connectivity index (χ4v) is 1.31. The first-order valence-corrected chi connectivity index (χ1v) is 4.82. The summed E-state index contributed by atoms with van der Waals surface area (Å²) in [5, 5.41) is 13.2. The van der Waals surface area contributed by atoms with Gasteiger partial charge in [0.05, 0.1) is 6.04 Å². The van der Waals surface area contributed by atoms with E-state index in [2.05, 4.69) is 5.32 Å². The summed E-state index contributed by atoms with van der Waals surface area (Å²) in [5.74, 6) is 0. The highest BCUT2D eigenvalue weighted by Crippen LogP contribution is 2.12. The Morgan fingerprint density at radius 3 is 2.64 bits per heavy atom. The fraction of sp³-hybridized carbons (Fsp3) is 0.889. The van der Waals surface area contributed by atoms with Gasteiger partial charge in [-0.05, 0) is 33.7 Å². The molecule has 1 atom stereocenters. The van der Waals surface area contributed by atoms with Crippen LogP contribution in [-0.4, -0.2) is 41.1 Å². The molecule has 14 heavy (non-hydrogen) atoms. The van der Waals surface area contributed by atoms with Gasteiger partial charge < -0.3 is 10.1 Å². The third-order valence-electron chi connectivity index (χ3n) is 1.96. The van der Waals surface area contributed by atoms with Crippen LogP contribution in [0.25, 0.3) is 0 Å². The second kappa shape index (κ2) is 4.14. The highest BCUT2D eigenvalue weighted by atomic mass is 16.6. The van der Waals surface area contributed by atoms with Crippen molar-refractivity contribution in [2.75, 3.05) is 13.1 Å². The van der Waals surface area contributed by atoms with Crippen LogP contribution >= 0.6 is 0 Å². The van der Waals surface area contributed by atoms with E-state index in [0.717, 1.165) is 13.0 Å². The van der Waals surface area contributed by atoms with E-state index in [4.69, 9.17) is 4.74 Å². The molecular formula is C9H18N2O3. The molecule has 5 heteroatoms. The van der Waals surface area contributed by atoms with Crippen LogP contribution in [0.5, 0.6) is 0 Å². The number of hydroxylamine groups is 2. The number of rotatable bonds is 1. The average Bonchev–Trinajstić information content (AvgIpc) is 2.51. The van der Waals surface area contributed by atoms with Crippen LogP contribution in [0.2, 0.25) is 0 Å². The highest BCUT2D eigenvalue weighted by Gasteiger charge is 2.29. The molecule has 2 N–H and O–H groups in total. The van der Waals surface area contributed by atoms with Crippen LogP contribution in [-0.2, 0) is 4.74 Å². The first kappa shape index (κ1) is 11.3. The number of carbonyl (C=O) groups is 1. The van der Waals surface area contributed by atoms with Crippen LogP contribution in [0.1, 0.15) is 27.2 Å². The van der Waals surface area contributed by atoms with Crippen molar-refractivity contribution in [1.82, 2.24) is 10.4 Å². The monoisotopic (exact) mass is 202 g/mol. The van der Waals surface area contributed by atoms with Gasteiger partial charge in [-0.15, -0.1) is 0 Å². The summed E-state index contributed by atoms with van der Waals surface area (Å²) >= 11 is 0. The molecule has 1 amide bonds. The smallest absolute Gasteiger partial charge is 0.434 e. The number of ether oxygens (including phenoxy) is 1. The Morgan fingerprint density at radius 2 is 2.21 bits per heavy atom. The number of amides is 1. The van der Waals surface area contributed by atoms with Gasteiger partial charge in [-0.25, -0.2) is 4.79 Å². The number of hydrogen-bond acceptors (Lipinski definition) is 4. The van der Waals surface area contributed by atoms with Gasteiger partial charge in [-0.3, -0.25) is 5.21 Å². The van der Waals surface area contributed by atoms with E-state index in [1.54, 1.807) is 20.8 Å². The zero-order valence-electron chi connectivity index (χ0n) is 8.91. The van der Waals surface area contributed by atoms with Gasteiger partial charge in [0.15, 0.2) is 0 Å². The van der Waals surface area contributed by atoms with Crippen molar-refractivity contribution < 1.29 is 14.7 Å². The summed E-state index contributed by atoms with van der Waals surface area (Å²) in [7, 11) is 0. The molecule has 0 aliphatic carbocycles. The standard InChI is InChI=1S/C9H18N2O3/c1-9(2,3)14-8(12)11(13)7-4-5-10-6-7/h7,10,13H,4-6H2,1-3H3. The molecule has 0 aromatic heterocycles. The molecule has 0 radical (unpaired) electrons. The lowest BCUT2D eigenvalue weighted by Gasteiger charge is -2.26. The topological polar surface area (TPSA) is 61.8 Å². The SMILES string of the molecule is CC(C)(C)OC(=O)N(O)C1CCNC1. The Hall–Kier alpha value is -0.810. The fourth-order valence-electron chi connectivity index (χ4n) is 1.31. The first-order chi connectivity index (χ1) is 6.40. The predicted octanol–water partition coefficient (Wildman–Crippen LogP) is 0.975. The summed E-state index contributed by atoms with van der Waals surface area (Å²) in [6, 6.07) is -0.162. The lowest BCUT2D eigenvalue weighted by molar-refractivity contribution is -0.115. The quantitative estimate of drug-likeness (QED) is 0.491. The van der Waals surface area contributed by atoms with Crippen LogP contribution in [0.4, 0.5) is 4.79 Å². The summed E-state index contributed by atoms with van der Waals surface area (Å²) in [5.41, 5.74) is -0.565. The predicted molar refractivity (Wildman–Crippen MR) is 51.1 cm³/mol. The van der Waals surface area contributed by atoms with Crippen LogP contribution in [0.15, 0.2) is 0 Å². The Bertz CT molecular complexity index is 207. The van der Waals surface area contributed by atoms with Crippen molar-refractivity contribution in [3.05, 3.63) is 0 Å². The Balaban J connectivity index is 2.43. The summed E-state index contributed by atoms with van der Waals surface area (Å²) in [6.45, 7) is 6.75. The van der Waals surface area contributed by atoms with E-state index in [1.165, 1.54) is 0 Å². The van der Waals surface area contributed by atoms with Gasteiger partial charge in [0.1, 0.15) is 5.60 Å². The van der Waals surface area contributed by atoms with Crippen molar-refractivity contribution in [2.45, 2.75) is 38.8 Å². The molecule has 1 fully saturated rings. The van der Waals surface area contributed by atoms with Gasteiger partial charge in [-0.2, -0.15) is 5.06 Å². The molecule has 82 valence electrons. The minimum absolute atomic E-state index is 0.162. The maximum atomic E-state index is 11.4. The van der Waals surface area contributed by atoms with E-state index in [0.29, 0.717) is 11.6 Å². The number of nitrogens with one attached hydrogen (secondary N) is 1. The second-order valence-electron chi connectivity index (χ2n) is 4.47. The third kappa shape index (κ3) is 3.16. The summed E-state index contributed by atoms with van der Waals surface area (Å²) in [4.78, 5) is 11.4. The zero-order chi connectivity index (χ0) is 10.8. The number of nitrogens with zero attached hydrogens (tertiary/aromatic N) is 1. The molecule has 5 nitrogen and oxygen atoms in total. The first-order valence-electron chi connectivity index (χ1n) is 4.82. The molecule has 1 aliphatic rings. The summed E-state index contributed by atoms with van der Waals surface area (Å²) < 4.78 is 5.02. The van der Waals surface area contributed by atoms with Crippen molar-refractivity contribution in [3.8, 4) is 0 Å². The average molecular weight is 202 g/mol. The lowest BCUT2D eigenvalue weighted by Crippen LogP contribution is -2.42. The Kier molecular flexibility index (Phi) is 3.34. The minimum atomic E-state index is -0.675. The molecule has 1 saturated heterocycles. The molecule has 1 heterocycles. The van der Waals surface area contributed by atoms with Crippen LogP contribution in [0.3, 0.4) is 0 Å². The number of carbonyl (C=O) groups excluding carboxylic acids is 1. The van der Waals surface area contributed by atoms with E-state index in [1.807, 2.05) is 0 Å². The largest absolute Gasteiger partial charge is 0.442 e. The summed E-state index contributed by atoms with van der Waals surface area (Å²) in [6.07, 6.45) is 0.0849. The lowest BCUT2D eigenvalue weighted by atomic mass is 10.2. The third-order valence-corrected chi connectivity index (χ3v) is 1.96. The van der Waals surface area contributed by atoms with E-state index >= 15 is 0 Å². The molecule has 0 spiro atoms. The van der Waals surface area contributed by atoms with Gasteiger partial charge in [0, 0.05) is 6.54 Å². The van der Waals surface area contributed by atoms with Crippen molar-refractivity contribution in [1.29, 1.82) is 0 Å². The molecule has 0 aromatic rings. The van der Waals surface area contributed by atoms with Gasteiger partial charge >= 0.3 is 6.09 Å². The van der Waals surface area contributed by atoms with Crippen LogP contribution in [0, 0.1) is 0 Å². The molecule has 1 rings (SSSR count). The molecule has 1 aliphatic heterocycles. The van der Waals surface area contributed by atoms with E-state index in [-0.39, 0.29) is 6.04 Å². The van der Waals surface area contributed by atoms with Crippen molar-refractivity contribution in [2.24, 2.45) is 0 Å². The normalized spacial score (nSPS) is 22.1. The van der Waals surface area contributed by atoms with Crippen LogP contribution < -0.4 is 5.32 Å². The Labute approximate surface area is 84.0 Å². The van der Waals surface area contributed by atoms with Crippen molar-refractivity contribution >= 4 is 6.09 Å². The maximum absolute atomic E-state index is 11.4. The highest BCUT2D eigenvalue weighted by molar-refractivity contribution is 5.67. The van der Waals surface area contributed by atoms with Crippen molar-refractivity contribution in [3.63, 3.8) is 0 Å². The number of hydrogen-bond donors (Lipinski definition) is 2. The molecular weight excluding hydrogens is 184 g/mol. The zero-order valence-corrected chi connectivity index (χ0v) is 8.91. The molecule has 0 bridgehead atoms. The molecule has 0 aromatic carbocycles. The van der Waals surface area contributed by atoms with E-state index < -0.39 is 11.7 Å². The van der Waals surface area contributed by atoms with Gasteiger partial charge in [0.2, 0.25) is 0 Å². The molecule has 0 saturated carbocycles. The molecule has 1 unspecified atom stereocenters.